The number of carbonyl (C=O) groups excluding carboxylic acids is 2. The number of urea groups is 1. The number of rotatable bonds is 4. The van der Waals surface area contributed by atoms with Crippen LogP contribution in [0.15, 0.2) is 88.3 Å². The molecule has 6 nitrogen and oxygen atoms in total. The summed E-state index contributed by atoms with van der Waals surface area (Å²) < 4.78 is 0.968. The van der Waals surface area contributed by atoms with E-state index in [4.69, 9.17) is 0 Å². The molecule has 0 saturated carbocycles. The topological polar surface area (TPSA) is 73.8 Å². The van der Waals surface area contributed by atoms with E-state index in [2.05, 4.69) is 31.6 Å². The van der Waals surface area contributed by atoms with E-state index in [9.17, 15) is 9.59 Å². The molecule has 31 heavy (non-hydrogen) atoms. The molecule has 3 aromatic carbocycles. The van der Waals surface area contributed by atoms with Crippen LogP contribution in [0.3, 0.4) is 0 Å². The summed E-state index contributed by atoms with van der Waals surface area (Å²) >= 11 is 3.39. The predicted octanol–water partition coefficient (Wildman–Crippen LogP) is 4.09. The van der Waals surface area contributed by atoms with Crippen molar-refractivity contribution in [1.29, 1.82) is 0 Å². The Kier molecular flexibility index (Phi) is 6.13. The monoisotopic (exact) mass is 476 g/mol. The molecule has 0 aromatic heterocycles. The number of benzene rings is 3. The van der Waals surface area contributed by atoms with E-state index in [0.717, 1.165) is 26.9 Å². The molecule has 3 aromatic rings. The van der Waals surface area contributed by atoms with Gasteiger partial charge in [0.25, 0.3) is 5.91 Å². The average Bonchev–Trinajstić information content (AvgIpc) is 2.90. The van der Waals surface area contributed by atoms with Crippen LogP contribution < -0.4 is 15.5 Å². The smallest absolute Gasteiger partial charge is 0.317 e. The number of carbonyl (C=O) groups is 2. The minimum atomic E-state index is -1.04. The van der Waals surface area contributed by atoms with Gasteiger partial charge in [0, 0.05) is 29.2 Å². The van der Waals surface area contributed by atoms with Crippen LogP contribution in [0.1, 0.15) is 16.7 Å². The molecule has 1 aliphatic rings. The summed E-state index contributed by atoms with van der Waals surface area (Å²) in [6.45, 7) is 0.339. The maximum absolute atomic E-state index is 13.1. The molecule has 1 atom stereocenters. The number of likely N-dealkylation sites (N-methyl/N-ethyl adjacent to an activating group) is 1. The highest BCUT2D eigenvalue weighted by atomic mass is 79.9. The summed E-state index contributed by atoms with van der Waals surface area (Å²) in [5, 5.41) is 5.51. The molecular formula is C24H21BrN4O2. The Hall–Kier alpha value is -3.45. The highest BCUT2D eigenvalue weighted by Gasteiger charge is 2.30. The number of halogens is 1. The summed E-state index contributed by atoms with van der Waals surface area (Å²) in [5.74, 6) is -0.308. The van der Waals surface area contributed by atoms with E-state index in [1.807, 2.05) is 78.9 Å². The van der Waals surface area contributed by atoms with Crippen LogP contribution in [0.25, 0.3) is 0 Å². The van der Waals surface area contributed by atoms with E-state index >= 15 is 0 Å². The molecule has 2 N–H and O–H groups in total. The quantitative estimate of drug-likeness (QED) is 0.594. The zero-order valence-corrected chi connectivity index (χ0v) is 18.5. The van der Waals surface area contributed by atoms with Crippen LogP contribution >= 0.6 is 15.9 Å². The molecule has 4 rings (SSSR count). The number of hydrogen-bond acceptors (Lipinski definition) is 3. The summed E-state index contributed by atoms with van der Waals surface area (Å²) in [6, 6.07) is 24.4. The number of anilines is 1. The Morgan fingerprint density at radius 2 is 1.68 bits per heavy atom. The molecule has 156 valence electrons. The number of para-hydroxylation sites is 1. The van der Waals surface area contributed by atoms with Gasteiger partial charge in [0.15, 0.2) is 0 Å². The minimum absolute atomic E-state index is 0.308. The van der Waals surface area contributed by atoms with Gasteiger partial charge in [0.05, 0.1) is 11.4 Å². The van der Waals surface area contributed by atoms with Crippen LogP contribution in [0.5, 0.6) is 0 Å². The average molecular weight is 477 g/mol. The number of fused-ring (bicyclic) bond motifs is 1. The Bertz CT molecular complexity index is 1130. The van der Waals surface area contributed by atoms with Gasteiger partial charge in [-0.1, -0.05) is 76.6 Å². The van der Waals surface area contributed by atoms with Crippen molar-refractivity contribution in [2.45, 2.75) is 12.7 Å². The summed E-state index contributed by atoms with van der Waals surface area (Å²) in [4.78, 5) is 31.9. The van der Waals surface area contributed by atoms with E-state index in [1.165, 1.54) is 4.90 Å². The van der Waals surface area contributed by atoms with E-state index in [1.54, 1.807) is 7.05 Å². The number of benzodiazepines with no additional fused rings is 1. The second-order valence-corrected chi connectivity index (χ2v) is 8.03. The lowest BCUT2D eigenvalue weighted by molar-refractivity contribution is -0.119. The number of amides is 3. The van der Waals surface area contributed by atoms with Crippen LogP contribution in [0, 0.1) is 0 Å². The first-order valence-corrected chi connectivity index (χ1v) is 10.6. The van der Waals surface area contributed by atoms with Gasteiger partial charge in [-0.3, -0.25) is 4.79 Å². The fraction of sp³-hybridized carbons (Fsp3) is 0.125. The first kappa shape index (κ1) is 20.8. The molecule has 1 heterocycles. The number of hydrogen-bond donors (Lipinski definition) is 2. The maximum Gasteiger partial charge on any atom is 0.317 e. The fourth-order valence-corrected chi connectivity index (χ4v) is 3.67. The molecule has 0 unspecified atom stereocenters. The van der Waals surface area contributed by atoms with Crippen molar-refractivity contribution in [2.24, 2.45) is 4.99 Å². The molecule has 0 radical (unpaired) electrons. The van der Waals surface area contributed by atoms with Crippen molar-refractivity contribution in [1.82, 2.24) is 10.6 Å². The van der Waals surface area contributed by atoms with Gasteiger partial charge >= 0.3 is 6.03 Å². The highest BCUT2D eigenvalue weighted by Crippen LogP contribution is 2.27. The Labute approximate surface area is 189 Å². The summed E-state index contributed by atoms with van der Waals surface area (Å²) in [5.41, 5.74) is 4.06. The lowest BCUT2D eigenvalue weighted by Gasteiger charge is -2.21. The summed E-state index contributed by atoms with van der Waals surface area (Å²) in [6.07, 6.45) is -1.04. The first-order valence-electron chi connectivity index (χ1n) is 9.82. The fourth-order valence-electron chi connectivity index (χ4n) is 3.40. The van der Waals surface area contributed by atoms with Crippen molar-refractivity contribution < 1.29 is 9.59 Å². The van der Waals surface area contributed by atoms with E-state index < -0.39 is 12.2 Å². The Balaban J connectivity index is 1.60. The molecule has 0 aliphatic carbocycles. The third-order valence-electron chi connectivity index (χ3n) is 5.02. The van der Waals surface area contributed by atoms with Gasteiger partial charge in [0.2, 0.25) is 6.17 Å². The lowest BCUT2D eigenvalue weighted by atomic mass is 10.0. The minimum Gasteiger partial charge on any atom is -0.334 e. The maximum atomic E-state index is 13.1. The third kappa shape index (κ3) is 4.67. The van der Waals surface area contributed by atoms with Gasteiger partial charge in [-0.25, -0.2) is 9.79 Å². The lowest BCUT2D eigenvalue weighted by Crippen LogP contribution is -2.49. The zero-order chi connectivity index (χ0) is 21.8. The van der Waals surface area contributed by atoms with Crippen molar-refractivity contribution in [3.8, 4) is 0 Å². The van der Waals surface area contributed by atoms with Gasteiger partial charge in [-0.2, -0.15) is 0 Å². The van der Waals surface area contributed by atoms with Crippen LogP contribution in [0.2, 0.25) is 0 Å². The van der Waals surface area contributed by atoms with Gasteiger partial charge < -0.3 is 15.5 Å². The number of nitrogens with one attached hydrogen (secondary N) is 2. The Morgan fingerprint density at radius 1 is 1.00 bits per heavy atom. The molecule has 7 heteroatoms. The standard InChI is InChI=1S/C24H21BrN4O2/c1-29-20-10-6-5-9-19(20)21(17-7-3-2-4-8-17)27-22(23(29)30)28-24(31)26-15-16-11-13-18(25)14-12-16/h2-14,22H,15H2,1H3,(H2,26,28,31)/t22-/m0/s1. The van der Waals surface area contributed by atoms with Crippen LogP contribution in [-0.4, -0.2) is 30.9 Å². The SMILES string of the molecule is CN1C(=O)[C@H](NC(=O)NCc2ccc(Br)cc2)N=C(c2ccccc2)c2ccccc21. The van der Waals surface area contributed by atoms with Gasteiger partial charge in [-0.15, -0.1) is 0 Å². The third-order valence-corrected chi connectivity index (χ3v) is 5.55. The number of aliphatic imine (C=N–C) groups is 1. The number of nitrogens with zero attached hydrogens (tertiary/aromatic N) is 2. The van der Waals surface area contributed by atoms with Crippen molar-refractivity contribution in [2.75, 3.05) is 11.9 Å². The van der Waals surface area contributed by atoms with Gasteiger partial charge in [-0.05, 0) is 23.8 Å². The molecule has 0 saturated heterocycles. The van der Waals surface area contributed by atoms with E-state index in [0.29, 0.717) is 12.3 Å². The van der Waals surface area contributed by atoms with Crippen LogP contribution in [-0.2, 0) is 11.3 Å². The second kappa shape index (κ2) is 9.14. The molecule has 0 spiro atoms. The molecule has 3 amide bonds. The van der Waals surface area contributed by atoms with E-state index in [-0.39, 0.29) is 5.91 Å². The largest absolute Gasteiger partial charge is 0.334 e. The molecule has 0 bridgehead atoms. The van der Waals surface area contributed by atoms with Crippen molar-refractivity contribution in [3.05, 3.63) is 100 Å². The highest BCUT2D eigenvalue weighted by molar-refractivity contribution is 9.10. The molecular weight excluding hydrogens is 456 g/mol. The molecule has 0 fully saturated rings. The van der Waals surface area contributed by atoms with Crippen molar-refractivity contribution in [3.63, 3.8) is 0 Å². The predicted molar refractivity (Wildman–Crippen MR) is 125 cm³/mol. The zero-order valence-electron chi connectivity index (χ0n) is 16.9. The second-order valence-electron chi connectivity index (χ2n) is 7.11. The normalized spacial score (nSPS) is 15.5. The Morgan fingerprint density at radius 3 is 2.42 bits per heavy atom. The first-order chi connectivity index (χ1) is 15.0. The van der Waals surface area contributed by atoms with Gasteiger partial charge in [0.1, 0.15) is 0 Å². The molecule has 1 aliphatic heterocycles. The van der Waals surface area contributed by atoms with Crippen LogP contribution in [0.4, 0.5) is 10.5 Å². The summed E-state index contributed by atoms with van der Waals surface area (Å²) in [7, 11) is 1.69. The van der Waals surface area contributed by atoms with Crippen molar-refractivity contribution >= 4 is 39.3 Å².